The van der Waals surface area contributed by atoms with Crippen molar-refractivity contribution >= 4 is 41.1 Å². The smallest absolute Gasteiger partial charge is 0.318 e. The molecule has 0 bridgehead atoms. The van der Waals surface area contributed by atoms with Crippen molar-refractivity contribution < 1.29 is 19.1 Å². The van der Waals surface area contributed by atoms with E-state index in [9.17, 15) is 14.4 Å². The Morgan fingerprint density at radius 1 is 1.11 bits per heavy atom. The van der Waals surface area contributed by atoms with Crippen molar-refractivity contribution in [1.29, 1.82) is 0 Å². The molecule has 10 heteroatoms. The van der Waals surface area contributed by atoms with Gasteiger partial charge in [0.2, 0.25) is 5.91 Å². The second kappa shape index (κ2) is 11.8. The summed E-state index contributed by atoms with van der Waals surface area (Å²) < 4.78 is 5.34. The predicted molar refractivity (Wildman–Crippen MR) is 135 cm³/mol. The third-order valence-electron chi connectivity index (χ3n) is 7.39. The number of ether oxygens (including phenoxy) is 1. The van der Waals surface area contributed by atoms with Crippen LogP contribution in [0, 0.1) is 5.92 Å². The molecule has 3 aliphatic rings. The van der Waals surface area contributed by atoms with Crippen molar-refractivity contribution in [3.63, 3.8) is 0 Å². The summed E-state index contributed by atoms with van der Waals surface area (Å²) in [6.07, 6.45) is 4.31. The molecule has 35 heavy (non-hydrogen) atoms. The number of benzene rings is 1. The van der Waals surface area contributed by atoms with Gasteiger partial charge in [0.1, 0.15) is 6.04 Å². The molecular weight excluding hydrogens is 491 g/mol. The molecular formula is C25H34Cl2N4O4. The van der Waals surface area contributed by atoms with Gasteiger partial charge < -0.3 is 19.9 Å². The SMILES string of the molecule is CCOC(=O)[C@@H]1CCCC[C@H]1N1CCN(C(=O)C(Cc2ccc(Cl)cc2Cl)N2CCNC2=O)CC1. The highest BCUT2D eigenvalue weighted by atomic mass is 35.5. The molecule has 0 radical (unpaired) electrons. The fourth-order valence-corrected chi connectivity index (χ4v) is 6.05. The highest BCUT2D eigenvalue weighted by Gasteiger charge is 2.40. The van der Waals surface area contributed by atoms with Gasteiger partial charge in [-0.25, -0.2) is 4.79 Å². The molecule has 3 amide bonds. The number of hydrogen-bond acceptors (Lipinski definition) is 5. The molecule has 0 spiro atoms. The molecule has 1 aliphatic carbocycles. The Balaban J connectivity index is 1.44. The van der Waals surface area contributed by atoms with Gasteiger partial charge in [-0.1, -0.05) is 42.1 Å². The van der Waals surface area contributed by atoms with Crippen LogP contribution < -0.4 is 5.32 Å². The van der Waals surface area contributed by atoms with Crippen molar-refractivity contribution in [2.75, 3.05) is 45.9 Å². The van der Waals surface area contributed by atoms with Crippen LogP contribution in [-0.4, -0.2) is 90.6 Å². The number of esters is 1. The molecule has 192 valence electrons. The summed E-state index contributed by atoms with van der Waals surface area (Å²) in [5.74, 6) is -0.270. The first-order valence-electron chi connectivity index (χ1n) is 12.6. The molecule has 2 saturated heterocycles. The topological polar surface area (TPSA) is 82.2 Å². The molecule has 1 saturated carbocycles. The van der Waals surface area contributed by atoms with Crippen LogP contribution in [0.4, 0.5) is 4.79 Å². The van der Waals surface area contributed by atoms with Crippen molar-refractivity contribution in [1.82, 2.24) is 20.0 Å². The number of carbonyl (C=O) groups is 3. The minimum atomic E-state index is -0.635. The van der Waals surface area contributed by atoms with Gasteiger partial charge in [-0.15, -0.1) is 0 Å². The Bertz CT molecular complexity index is 938. The van der Waals surface area contributed by atoms with Crippen molar-refractivity contribution in [3.05, 3.63) is 33.8 Å². The first kappa shape index (κ1) is 26.0. The van der Waals surface area contributed by atoms with Crippen molar-refractivity contribution in [2.45, 2.75) is 51.1 Å². The van der Waals surface area contributed by atoms with Crippen LogP contribution in [-0.2, 0) is 20.7 Å². The van der Waals surface area contributed by atoms with Crippen LogP contribution in [0.3, 0.4) is 0 Å². The van der Waals surface area contributed by atoms with E-state index in [1.54, 1.807) is 17.0 Å². The number of nitrogens with one attached hydrogen (secondary N) is 1. The standard InChI is InChI=1S/C25H34Cl2N4O4/c1-2-35-24(33)19-5-3-4-6-21(19)29-11-13-30(14-12-29)23(32)22(31-10-9-28-25(31)34)15-17-7-8-18(26)16-20(17)27/h7-8,16,19,21-22H,2-6,9-15H2,1H3,(H,28,34)/t19-,21-,22?/m1/s1. The number of halogens is 2. The Kier molecular flexibility index (Phi) is 8.78. The van der Waals surface area contributed by atoms with Crippen LogP contribution in [0.1, 0.15) is 38.2 Å². The molecule has 3 atom stereocenters. The van der Waals surface area contributed by atoms with Crippen LogP contribution in [0.5, 0.6) is 0 Å². The Labute approximate surface area is 216 Å². The fraction of sp³-hybridized carbons (Fsp3) is 0.640. The van der Waals surface area contributed by atoms with Gasteiger partial charge in [0.25, 0.3) is 0 Å². The number of piperazine rings is 1. The predicted octanol–water partition coefficient (Wildman–Crippen LogP) is 3.20. The Morgan fingerprint density at radius 2 is 1.86 bits per heavy atom. The lowest BCUT2D eigenvalue weighted by atomic mass is 9.83. The van der Waals surface area contributed by atoms with Crippen LogP contribution in [0.2, 0.25) is 10.0 Å². The van der Waals surface area contributed by atoms with Gasteiger partial charge in [-0.3, -0.25) is 14.5 Å². The maximum absolute atomic E-state index is 13.7. The highest BCUT2D eigenvalue weighted by molar-refractivity contribution is 6.35. The quantitative estimate of drug-likeness (QED) is 0.553. The Morgan fingerprint density at radius 3 is 2.51 bits per heavy atom. The molecule has 4 rings (SSSR count). The number of rotatable bonds is 7. The number of carbonyl (C=O) groups excluding carboxylic acids is 3. The van der Waals surface area contributed by atoms with E-state index < -0.39 is 6.04 Å². The van der Waals surface area contributed by atoms with Crippen molar-refractivity contribution in [2.24, 2.45) is 5.92 Å². The zero-order chi connectivity index (χ0) is 24.9. The summed E-state index contributed by atoms with van der Waals surface area (Å²) in [5, 5.41) is 3.82. The lowest BCUT2D eigenvalue weighted by molar-refractivity contribution is -0.153. The second-order valence-electron chi connectivity index (χ2n) is 9.45. The summed E-state index contributed by atoms with van der Waals surface area (Å²) in [5.41, 5.74) is 0.784. The lowest BCUT2D eigenvalue weighted by Gasteiger charge is -2.44. The normalized spacial score (nSPS) is 24.3. The number of urea groups is 1. The van der Waals surface area contributed by atoms with Crippen LogP contribution >= 0.6 is 23.2 Å². The molecule has 0 aromatic heterocycles. The molecule has 1 unspecified atom stereocenters. The number of nitrogens with zero attached hydrogens (tertiary/aromatic N) is 3. The molecule has 2 heterocycles. The molecule has 1 aromatic carbocycles. The lowest BCUT2D eigenvalue weighted by Crippen LogP contribution is -2.59. The summed E-state index contributed by atoms with van der Waals surface area (Å²) in [4.78, 5) is 44.5. The summed E-state index contributed by atoms with van der Waals surface area (Å²) in [7, 11) is 0. The maximum Gasteiger partial charge on any atom is 0.318 e. The highest BCUT2D eigenvalue weighted by Crippen LogP contribution is 2.31. The first-order valence-corrected chi connectivity index (χ1v) is 13.3. The van der Waals surface area contributed by atoms with Gasteiger partial charge in [0, 0.05) is 61.8 Å². The molecule has 3 fully saturated rings. The van der Waals surface area contributed by atoms with E-state index in [4.69, 9.17) is 27.9 Å². The van der Waals surface area contributed by atoms with E-state index in [0.717, 1.165) is 31.2 Å². The van der Waals surface area contributed by atoms with Gasteiger partial charge in [-0.05, 0) is 37.5 Å². The van der Waals surface area contributed by atoms with E-state index in [2.05, 4.69) is 10.2 Å². The summed E-state index contributed by atoms with van der Waals surface area (Å²) in [6.45, 7) is 5.75. The summed E-state index contributed by atoms with van der Waals surface area (Å²) >= 11 is 12.4. The third-order valence-corrected chi connectivity index (χ3v) is 7.98. The van der Waals surface area contributed by atoms with Gasteiger partial charge in [0.05, 0.1) is 12.5 Å². The molecule has 1 N–H and O–H groups in total. The average molecular weight is 525 g/mol. The number of amides is 3. The van der Waals surface area contributed by atoms with Crippen LogP contribution in [0.25, 0.3) is 0 Å². The van der Waals surface area contributed by atoms with Gasteiger partial charge >= 0.3 is 12.0 Å². The Hall–Kier alpha value is -2.03. The minimum absolute atomic E-state index is 0.0710. The van der Waals surface area contributed by atoms with Crippen LogP contribution in [0.15, 0.2) is 18.2 Å². The largest absolute Gasteiger partial charge is 0.466 e. The van der Waals surface area contributed by atoms with E-state index in [1.807, 2.05) is 17.9 Å². The second-order valence-corrected chi connectivity index (χ2v) is 10.3. The van der Waals surface area contributed by atoms with E-state index in [0.29, 0.717) is 62.3 Å². The van der Waals surface area contributed by atoms with E-state index in [1.165, 1.54) is 0 Å². The third kappa shape index (κ3) is 6.04. The van der Waals surface area contributed by atoms with Gasteiger partial charge in [-0.2, -0.15) is 0 Å². The number of hydrogen-bond donors (Lipinski definition) is 1. The van der Waals surface area contributed by atoms with Crippen molar-refractivity contribution in [3.8, 4) is 0 Å². The molecule has 2 aliphatic heterocycles. The van der Waals surface area contributed by atoms with E-state index >= 15 is 0 Å². The van der Waals surface area contributed by atoms with E-state index in [-0.39, 0.29) is 29.9 Å². The van der Waals surface area contributed by atoms with Gasteiger partial charge in [0.15, 0.2) is 0 Å². The average Bonchev–Trinajstić information content (AvgIpc) is 3.29. The zero-order valence-corrected chi connectivity index (χ0v) is 21.7. The monoisotopic (exact) mass is 524 g/mol. The first-order chi connectivity index (χ1) is 16.9. The molecule has 1 aromatic rings. The molecule has 8 nitrogen and oxygen atoms in total. The minimum Gasteiger partial charge on any atom is -0.466 e. The fourth-order valence-electron chi connectivity index (χ4n) is 5.57. The summed E-state index contributed by atoms with van der Waals surface area (Å²) in [6, 6.07) is 4.52. The maximum atomic E-state index is 13.7. The zero-order valence-electron chi connectivity index (χ0n) is 20.2.